The van der Waals surface area contributed by atoms with Crippen LogP contribution in [0, 0.1) is 0 Å². The molecule has 6 heteroatoms. The van der Waals surface area contributed by atoms with Crippen molar-refractivity contribution < 1.29 is 14.0 Å². The van der Waals surface area contributed by atoms with Crippen molar-refractivity contribution in [2.24, 2.45) is 5.16 Å². The SMILES string of the molecule is O/N=C(\Cc1nc2ccccc2n1C(F)F)c1ccccc1. The van der Waals surface area contributed by atoms with E-state index >= 15 is 0 Å². The highest BCUT2D eigenvalue weighted by molar-refractivity contribution is 6.01. The molecule has 0 radical (unpaired) electrons. The van der Waals surface area contributed by atoms with Gasteiger partial charge in [0.15, 0.2) is 0 Å². The maximum Gasteiger partial charge on any atom is 0.320 e. The summed E-state index contributed by atoms with van der Waals surface area (Å²) in [4.78, 5) is 4.24. The van der Waals surface area contributed by atoms with Crippen LogP contribution in [0.3, 0.4) is 0 Å². The van der Waals surface area contributed by atoms with Gasteiger partial charge in [0.2, 0.25) is 0 Å². The Kier molecular flexibility index (Phi) is 3.82. The molecule has 0 aliphatic heterocycles. The van der Waals surface area contributed by atoms with Gasteiger partial charge < -0.3 is 5.21 Å². The molecule has 1 aromatic heterocycles. The van der Waals surface area contributed by atoms with Gasteiger partial charge >= 0.3 is 6.55 Å². The van der Waals surface area contributed by atoms with Gasteiger partial charge in [0, 0.05) is 0 Å². The predicted octanol–water partition coefficient (Wildman–Crippen LogP) is 3.85. The number of hydrogen-bond donors (Lipinski definition) is 1. The summed E-state index contributed by atoms with van der Waals surface area (Å²) in [7, 11) is 0. The molecule has 2 aromatic carbocycles. The summed E-state index contributed by atoms with van der Waals surface area (Å²) in [5.74, 6) is 0.160. The molecule has 0 saturated carbocycles. The minimum atomic E-state index is -2.71. The third-order valence-corrected chi connectivity index (χ3v) is 3.42. The summed E-state index contributed by atoms with van der Waals surface area (Å²) in [6.07, 6.45) is 0.0134. The molecule has 0 fully saturated rings. The van der Waals surface area contributed by atoms with Crippen LogP contribution in [0.2, 0.25) is 0 Å². The second-order valence-electron chi connectivity index (χ2n) is 4.75. The number of hydrogen-bond acceptors (Lipinski definition) is 3. The quantitative estimate of drug-likeness (QED) is 0.452. The minimum Gasteiger partial charge on any atom is -0.411 e. The number of para-hydroxylation sites is 2. The smallest absolute Gasteiger partial charge is 0.320 e. The van der Waals surface area contributed by atoms with E-state index in [1.807, 2.05) is 6.07 Å². The van der Waals surface area contributed by atoms with Gasteiger partial charge in [0.25, 0.3) is 0 Å². The zero-order chi connectivity index (χ0) is 15.5. The third kappa shape index (κ3) is 2.55. The van der Waals surface area contributed by atoms with Gasteiger partial charge in [-0.2, -0.15) is 8.78 Å². The van der Waals surface area contributed by atoms with E-state index in [4.69, 9.17) is 0 Å². The number of benzene rings is 2. The maximum atomic E-state index is 13.4. The fourth-order valence-electron chi connectivity index (χ4n) is 2.41. The van der Waals surface area contributed by atoms with Crippen molar-refractivity contribution in [2.75, 3.05) is 0 Å². The molecule has 0 aliphatic carbocycles. The molecule has 0 atom stereocenters. The zero-order valence-electron chi connectivity index (χ0n) is 11.5. The number of alkyl halides is 2. The molecule has 0 spiro atoms. The highest BCUT2D eigenvalue weighted by Gasteiger charge is 2.19. The molecule has 0 bridgehead atoms. The lowest BCUT2D eigenvalue weighted by Crippen LogP contribution is -2.12. The van der Waals surface area contributed by atoms with E-state index in [1.165, 1.54) is 0 Å². The molecule has 0 aliphatic rings. The molecule has 4 nitrogen and oxygen atoms in total. The van der Waals surface area contributed by atoms with Crippen LogP contribution in [0.25, 0.3) is 11.0 Å². The highest BCUT2D eigenvalue weighted by atomic mass is 19.3. The van der Waals surface area contributed by atoms with Crippen LogP contribution in [0.1, 0.15) is 17.9 Å². The number of imidazole rings is 1. The number of halogens is 2. The molecule has 112 valence electrons. The molecule has 1 N–H and O–H groups in total. The number of aromatic nitrogens is 2. The van der Waals surface area contributed by atoms with E-state index in [9.17, 15) is 14.0 Å². The van der Waals surface area contributed by atoms with Gasteiger partial charge in [-0.1, -0.05) is 47.6 Å². The Balaban J connectivity index is 2.05. The first kappa shape index (κ1) is 14.2. The maximum absolute atomic E-state index is 13.4. The highest BCUT2D eigenvalue weighted by Crippen LogP contribution is 2.24. The Labute approximate surface area is 125 Å². The first-order valence-electron chi connectivity index (χ1n) is 6.71. The average molecular weight is 301 g/mol. The van der Waals surface area contributed by atoms with Gasteiger partial charge in [-0.05, 0) is 17.7 Å². The van der Waals surface area contributed by atoms with E-state index in [1.54, 1.807) is 48.5 Å². The Morgan fingerprint density at radius 1 is 1.09 bits per heavy atom. The first-order chi connectivity index (χ1) is 10.7. The summed E-state index contributed by atoms with van der Waals surface area (Å²) in [6.45, 7) is -2.71. The molecule has 1 heterocycles. The van der Waals surface area contributed by atoms with E-state index in [2.05, 4.69) is 10.1 Å². The monoisotopic (exact) mass is 301 g/mol. The first-order valence-corrected chi connectivity index (χ1v) is 6.71. The molecule has 0 amide bonds. The lowest BCUT2D eigenvalue weighted by Gasteiger charge is -2.08. The van der Waals surface area contributed by atoms with Crippen molar-refractivity contribution in [3.63, 3.8) is 0 Å². The normalized spacial score (nSPS) is 12.2. The Hall–Kier alpha value is -2.76. The van der Waals surface area contributed by atoms with E-state index in [0.717, 1.165) is 4.57 Å². The molecular formula is C16H13F2N3O. The molecule has 3 aromatic rings. The van der Waals surface area contributed by atoms with Crippen molar-refractivity contribution in [3.8, 4) is 0 Å². The molecule has 22 heavy (non-hydrogen) atoms. The lowest BCUT2D eigenvalue weighted by atomic mass is 10.1. The molecular weight excluding hydrogens is 288 g/mol. The number of oxime groups is 1. The second kappa shape index (κ2) is 5.93. The van der Waals surface area contributed by atoms with Crippen molar-refractivity contribution in [1.82, 2.24) is 9.55 Å². The summed E-state index contributed by atoms with van der Waals surface area (Å²) in [6, 6.07) is 15.6. The summed E-state index contributed by atoms with van der Waals surface area (Å²) >= 11 is 0. The summed E-state index contributed by atoms with van der Waals surface area (Å²) in [5, 5.41) is 12.5. The second-order valence-corrected chi connectivity index (χ2v) is 4.75. The van der Waals surface area contributed by atoms with Crippen LogP contribution in [-0.2, 0) is 6.42 Å². The van der Waals surface area contributed by atoms with E-state index < -0.39 is 6.55 Å². The Morgan fingerprint density at radius 2 is 1.77 bits per heavy atom. The van der Waals surface area contributed by atoms with Gasteiger partial charge in [0.05, 0.1) is 23.2 Å². The van der Waals surface area contributed by atoms with Crippen molar-refractivity contribution in [2.45, 2.75) is 13.0 Å². The summed E-state index contributed by atoms with van der Waals surface area (Å²) in [5.41, 5.74) is 1.80. The van der Waals surface area contributed by atoms with Crippen LogP contribution in [0.5, 0.6) is 0 Å². The summed E-state index contributed by atoms with van der Waals surface area (Å²) < 4.78 is 27.6. The Bertz CT molecular complexity index is 813. The van der Waals surface area contributed by atoms with Crippen LogP contribution in [0.15, 0.2) is 59.8 Å². The zero-order valence-corrected chi connectivity index (χ0v) is 11.5. The number of fused-ring (bicyclic) bond motifs is 1. The van der Waals surface area contributed by atoms with E-state index in [-0.39, 0.29) is 18.0 Å². The van der Waals surface area contributed by atoms with Crippen LogP contribution in [-0.4, -0.2) is 20.5 Å². The number of nitrogens with zero attached hydrogens (tertiary/aromatic N) is 3. The van der Waals surface area contributed by atoms with Gasteiger partial charge in [-0.25, -0.2) is 4.98 Å². The largest absolute Gasteiger partial charge is 0.411 e. The van der Waals surface area contributed by atoms with Crippen molar-refractivity contribution in [3.05, 3.63) is 66.0 Å². The average Bonchev–Trinajstić information content (AvgIpc) is 2.91. The Morgan fingerprint density at radius 3 is 2.45 bits per heavy atom. The van der Waals surface area contributed by atoms with Gasteiger partial charge in [-0.15, -0.1) is 0 Å². The fourth-order valence-corrected chi connectivity index (χ4v) is 2.41. The standard InChI is InChI=1S/C16H13F2N3O/c17-16(18)21-14-9-5-4-8-12(14)19-15(21)10-13(20-22)11-6-2-1-3-7-11/h1-9,16,22H,10H2/b20-13+. The van der Waals surface area contributed by atoms with Crippen LogP contribution in [0.4, 0.5) is 8.78 Å². The lowest BCUT2D eigenvalue weighted by molar-refractivity contribution is 0.0720. The van der Waals surface area contributed by atoms with Gasteiger partial charge in [-0.3, -0.25) is 4.57 Å². The molecule has 0 saturated heterocycles. The van der Waals surface area contributed by atoms with Crippen molar-refractivity contribution >= 4 is 16.7 Å². The molecule has 3 rings (SSSR count). The minimum absolute atomic E-state index is 0.0134. The van der Waals surface area contributed by atoms with Crippen LogP contribution >= 0.6 is 0 Å². The van der Waals surface area contributed by atoms with Crippen molar-refractivity contribution in [1.29, 1.82) is 0 Å². The third-order valence-electron chi connectivity index (χ3n) is 3.42. The fraction of sp³-hybridized carbons (Fsp3) is 0.125. The van der Waals surface area contributed by atoms with Crippen LogP contribution < -0.4 is 0 Å². The number of rotatable bonds is 4. The van der Waals surface area contributed by atoms with Gasteiger partial charge in [0.1, 0.15) is 5.82 Å². The molecule has 0 unspecified atom stereocenters. The van der Waals surface area contributed by atoms with E-state index in [0.29, 0.717) is 16.6 Å². The predicted molar refractivity (Wildman–Crippen MR) is 79.5 cm³/mol. The topological polar surface area (TPSA) is 50.4 Å².